The number of aliphatic hydroxyl groups excluding tert-OH is 4. The molecule has 9 heteroatoms. The van der Waals surface area contributed by atoms with Gasteiger partial charge in [0.05, 0.1) is 13.2 Å². The third-order valence-electron chi connectivity index (χ3n) is 2.76. The topological polar surface area (TPSA) is 141 Å². The summed E-state index contributed by atoms with van der Waals surface area (Å²) in [7, 11) is 0. The molecule has 1 amide bonds. The highest BCUT2D eigenvalue weighted by molar-refractivity contribution is 5.73. The maximum Gasteiger partial charge on any atom is 0.217 e. The molecule has 9 nitrogen and oxygen atoms in total. The van der Waals surface area contributed by atoms with Crippen molar-refractivity contribution in [2.45, 2.75) is 37.6 Å². The van der Waals surface area contributed by atoms with E-state index in [4.69, 9.17) is 9.84 Å². The maximum atomic E-state index is 10.7. The van der Waals surface area contributed by atoms with Crippen LogP contribution in [-0.2, 0) is 14.3 Å². The van der Waals surface area contributed by atoms with Gasteiger partial charge in [-0.15, -0.1) is 0 Å². The Morgan fingerprint density at radius 3 is 2.50 bits per heavy atom. The van der Waals surface area contributed by atoms with E-state index in [1.807, 2.05) is 0 Å². The predicted molar refractivity (Wildman–Crippen MR) is 66.9 cm³/mol. The summed E-state index contributed by atoms with van der Waals surface area (Å²) in [4.78, 5) is 14.5. The molecular weight excluding hydrogens is 272 g/mol. The van der Waals surface area contributed by atoms with Crippen molar-refractivity contribution in [1.29, 1.82) is 0 Å². The average molecular weight is 292 g/mol. The van der Waals surface area contributed by atoms with Crippen LogP contribution in [0, 0.1) is 0 Å². The molecule has 5 N–H and O–H groups in total. The Labute approximate surface area is 115 Å². The molecule has 1 saturated heterocycles. The Morgan fingerprint density at radius 2 is 2.10 bits per heavy atom. The summed E-state index contributed by atoms with van der Waals surface area (Å²) in [6, 6.07) is -1.10. The molecule has 2 aliphatic heterocycles. The maximum absolute atomic E-state index is 10.7. The number of nitrogens with zero attached hydrogens (tertiary/aromatic N) is 1. The van der Waals surface area contributed by atoms with Gasteiger partial charge >= 0.3 is 0 Å². The molecule has 2 heterocycles. The highest BCUT2D eigenvalue weighted by atomic mass is 16.6. The summed E-state index contributed by atoms with van der Waals surface area (Å²) in [5.41, 5.74) is 0. The number of hydrogen-bond acceptors (Lipinski definition) is 8. The van der Waals surface area contributed by atoms with Crippen LogP contribution in [0.15, 0.2) is 4.99 Å². The number of aliphatic hydroxyl groups is 4. The molecule has 2 aliphatic rings. The van der Waals surface area contributed by atoms with E-state index in [1.165, 1.54) is 13.3 Å². The number of nitrogens with one attached hydrogen (secondary N) is 1. The van der Waals surface area contributed by atoms with Gasteiger partial charge in [-0.05, 0) is 0 Å². The Kier molecular flexibility index (Phi) is 6.82. The summed E-state index contributed by atoms with van der Waals surface area (Å²) in [5, 5.41) is 39.4. The number of carbonyl (C=O) groups is 1. The van der Waals surface area contributed by atoms with E-state index >= 15 is 0 Å². The fourth-order valence-corrected chi connectivity index (χ4v) is 1.75. The van der Waals surface area contributed by atoms with Gasteiger partial charge in [0.1, 0.15) is 31.0 Å². The van der Waals surface area contributed by atoms with Crippen LogP contribution in [0.25, 0.3) is 0 Å². The van der Waals surface area contributed by atoms with Gasteiger partial charge in [0.15, 0.2) is 12.7 Å². The van der Waals surface area contributed by atoms with Crippen LogP contribution < -0.4 is 5.32 Å². The average Bonchev–Trinajstić information content (AvgIpc) is 2.98. The summed E-state index contributed by atoms with van der Waals surface area (Å²) < 4.78 is 9.47. The molecule has 0 aromatic rings. The SMILES string of the molecule is C1=NCCO1.CC(=O)N[C@H]1C(O)O[C@H](CO)[C@@H](O)[C@@H]1O. The van der Waals surface area contributed by atoms with E-state index in [9.17, 15) is 20.1 Å². The Morgan fingerprint density at radius 1 is 1.40 bits per heavy atom. The first-order valence-electron chi connectivity index (χ1n) is 6.15. The van der Waals surface area contributed by atoms with Gasteiger partial charge in [0.25, 0.3) is 0 Å². The molecule has 0 saturated carbocycles. The molecule has 116 valence electrons. The number of hydrogen-bond donors (Lipinski definition) is 5. The molecule has 0 aromatic heterocycles. The minimum Gasteiger partial charge on any atom is -0.482 e. The number of carbonyl (C=O) groups excluding carboxylic acids is 1. The van der Waals surface area contributed by atoms with Crippen LogP contribution in [0.2, 0.25) is 0 Å². The van der Waals surface area contributed by atoms with Crippen LogP contribution in [0.1, 0.15) is 6.92 Å². The lowest BCUT2D eigenvalue weighted by molar-refractivity contribution is -0.253. The molecule has 2 rings (SSSR count). The summed E-state index contributed by atoms with van der Waals surface area (Å²) >= 11 is 0. The highest BCUT2D eigenvalue weighted by Crippen LogP contribution is 2.19. The van der Waals surface area contributed by atoms with Crippen molar-refractivity contribution < 1.29 is 34.7 Å². The van der Waals surface area contributed by atoms with Crippen LogP contribution in [0.4, 0.5) is 0 Å². The van der Waals surface area contributed by atoms with Crippen molar-refractivity contribution in [1.82, 2.24) is 5.32 Å². The van der Waals surface area contributed by atoms with Crippen LogP contribution in [-0.4, -0.2) is 83.1 Å². The molecule has 0 spiro atoms. The van der Waals surface area contributed by atoms with Crippen molar-refractivity contribution in [2.24, 2.45) is 4.99 Å². The van der Waals surface area contributed by atoms with Crippen molar-refractivity contribution in [3.63, 3.8) is 0 Å². The third-order valence-corrected chi connectivity index (χ3v) is 2.76. The molecule has 0 aromatic carbocycles. The second-order valence-corrected chi connectivity index (χ2v) is 4.34. The number of rotatable bonds is 2. The first-order valence-corrected chi connectivity index (χ1v) is 6.15. The lowest BCUT2D eigenvalue weighted by atomic mass is 9.97. The van der Waals surface area contributed by atoms with Gasteiger partial charge in [-0.1, -0.05) is 0 Å². The number of amides is 1. The molecule has 0 bridgehead atoms. The first-order chi connectivity index (χ1) is 9.47. The summed E-state index contributed by atoms with van der Waals surface area (Å²) in [5.74, 6) is -0.462. The van der Waals surface area contributed by atoms with Crippen molar-refractivity contribution in [3.8, 4) is 0 Å². The second kappa shape index (κ2) is 8.12. The number of ether oxygens (including phenoxy) is 2. The molecule has 0 aliphatic carbocycles. The van der Waals surface area contributed by atoms with Gasteiger partial charge in [-0.3, -0.25) is 9.79 Å². The molecule has 5 atom stereocenters. The lowest BCUT2D eigenvalue weighted by Crippen LogP contribution is -2.63. The van der Waals surface area contributed by atoms with Crippen LogP contribution >= 0.6 is 0 Å². The third kappa shape index (κ3) is 4.69. The van der Waals surface area contributed by atoms with E-state index in [1.54, 1.807) is 0 Å². The molecule has 20 heavy (non-hydrogen) atoms. The highest BCUT2D eigenvalue weighted by Gasteiger charge is 2.43. The summed E-state index contributed by atoms with van der Waals surface area (Å²) in [6.45, 7) is 2.31. The van der Waals surface area contributed by atoms with Gasteiger partial charge in [-0.2, -0.15) is 0 Å². The van der Waals surface area contributed by atoms with E-state index < -0.39 is 43.2 Å². The number of aliphatic imine (C=N–C) groups is 1. The lowest BCUT2D eigenvalue weighted by Gasteiger charge is -2.40. The van der Waals surface area contributed by atoms with Gasteiger partial charge in [0.2, 0.25) is 5.91 Å². The smallest absolute Gasteiger partial charge is 0.217 e. The van der Waals surface area contributed by atoms with Crippen LogP contribution in [0.3, 0.4) is 0 Å². The Balaban J connectivity index is 0.000000333. The second-order valence-electron chi connectivity index (χ2n) is 4.34. The molecular formula is C11H20N2O7. The largest absolute Gasteiger partial charge is 0.482 e. The summed E-state index contributed by atoms with van der Waals surface area (Å²) in [6.07, 6.45) is -3.76. The van der Waals surface area contributed by atoms with Crippen molar-refractivity contribution >= 4 is 12.3 Å². The molecule has 1 fully saturated rings. The van der Waals surface area contributed by atoms with Crippen molar-refractivity contribution in [3.05, 3.63) is 0 Å². The Bertz CT molecular complexity index is 333. The zero-order chi connectivity index (χ0) is 15.1. The Hall–Kier alpha value is -1.26. The van der Waals surface area contributed by atoms with E-state index in [2.05, 4.69) is 15.0 Å². The first kappa shape index (κ1) is 16.8. The van der Waals surface area contributed by atoms with Crippen LogP contribution in [0.5, 0.6) is 0 Å². The van der Waals surface area contributed by atoms with Gasteiger partial charge in [0, 0.05) is 6.92 Å². The van der Waals surface area contributed by atoms with Crippen molar-refractivity contribution in [2.75, 3.05) is 19.8 Å². The van der Waals surface area contributed by atoms with E-state index in [-0.39, 0.29) is 0 Å². The molecule has 0 radical (unpaired) electrons. The van der Waals surface area contributed by atoms with E-state index in [0.717, 1.165) is 13.2 Å². The zero-order valence-corrected chi connectivity index (χ0v) is 11.0. The quantitative estimate of drug-likeness (QED) is 0.364. The minimum atomic E-state index is -1.45. The standard InChI is InChI=1S/C8H15NO6.C3H5NO/c1-3(11)9-5-7(13)6(12)4(2-10)15-8(5)14;1-2-5-3-4-1/h4-8,10,12-14H,2H2,1H3,(H,9,11);3H,1-2H2/t4-,5-,6-,7-,8?;/m1./s1. The predicted octanol–water partition coefficient (Wildman–Crippen LogP) is -3.03. The van der Waals surface area contributed by atoms with Gasteiger partial charge < -0.3 is 35.2 Å². The fourth-order valence-electron chi connectivity index (χ4n) is 1.75. The van der Waals surface area contributed by atoms with Gasteiger partial charge in [-0.25, -0.2) is 0 Å². The normalized spacial score (nSPS) is 35.8. The molecule has 1 unspecified atom stereocenters. The van der Waals surface area contributed by atoms with E-state index in [0.29, 0.717) is 0 Å². The fraction of sp³-hybridized carbons (Fsp3) is 0.818. The zero-order valence-electron chi connectivity index (χ0n) is 11.0. The monoisotopic (exact) mass is 292 g/mol. The minimum absolute atomic E-state index is 0.462.